The van der Waals surface area contributed by atoms with Crippen molar-refractivity contribution in [3.05, 3.63) is 65.7 Å². The summed E-state index contributed by atoms with van der Waals surface area (Å²) in [6.45, 7) is 0.843. The first-order valence-corrected chi connectivity index (χ1v) is 7.29. The van der Waals surface area contributed by atoms with Gasteiger partial charge in [0.15, 0.2) is 0 Å². The SMILES string of the molecule is O=C([C@H]1C[C@H]1c1ccccc1)N1CCc2ccccc21. The zero-order chi connectivity index (χ0) is 13.5. The number of anilines is 1. The zero-order valence-corrected chi connectivity index (χ0v) is 11.3. The Kier molecular flexibility index (Phi) is 2.62. The highest BCUT2D eigenvalue weighted by Crippen LogP contribution is 2.49. The van der Waals surface area contributed by atoms with Crippen molar-refractivity contribution in [2.75, 3.05) is 11.4 Å². The molecule has 0 N–H and O–H groups in total. The number of fused-ring (bicyclic) bond motifs is 1. The first kappa shape index (κ1) is 11.7. The van der Waals surface area contributed by atoms with Gasteiger partial charge in [-0.3, -0.25) is 4.79 Å². The minimum Gasteiger partial charge on any atom is -0.312 e. The molecule has 1 amide bonds. The summed E-state index contributed by atoms with van der Waals surface area (Å²) in [4.78, 5) is 14.7. The van der Waals surface area contributed by atoms with Crippen molar-refractivity contribution < 1.29 is 4.79 Å². The molecule has 1 saturated carbocycles. The fourth-order valence-corrected chi connectivity index (χ4v) is 3.30. The van der Waals surface area contributed by atoms with Crippen LogP contribution in [0.1, 0.15) is 23.5 Å². The summed E-state index contributed by atoms with van der Waals surface area (Å²) in [7, 11) is 0. The summed E-state index contributed by atoms with van der Waals surface area (Å²) in [5.74, 6) is 0.920. The monoisotopic (exact) mass is 263 g/mol. The third-order valence-corrected chi connectivity index (χ3v) is 4.49. The summed E-state index contributed by atoms with van der Waals surface area (Å²) in [6, 6.07) is 18.7. The molecule has 1 heterocycles. The van der Waals surface area contributed by atoms with E-state index in [2.05, 4.69) is 42.5 Å². The van der Waals surface area contributed by atoms with Gasteiger partial charge in [0, 0.05) is 18.2 Å². The van der Waals surface area contributed by atoms with Gasteiger partial charge in [-0.2, -0.15) is 0 Å². The molecule has 0 saturated heterocycles. The zero-order valence-electron chi connectivity index (χ0n) is 11.3. The number of hydrogen-bond donors (Lipinski definition) is 0. The number of para-hydroxylation sites is 1. The third-order valence-electron chi connectivity index (χ3n) is 4.49. The smallest absolute Gasteiger partial charge is 0.230 e. The van der Waals surface area contributed by atoms with Crippen molar-refractivity contribution in [3.63, 3.8) is 0 Å². The minimum atomic E-state index is 0.184. The van der Waals surface area contributed by atoms with Gasteiger partial charge in [0.1, 0.15) is 0 Å². The Bertz CT molecular complexity index is 649. The fraction of sp³-hybridized carbons (Fsp3) is 0.278. The molecule has 100 valence electrons. The molecule has 1 fully saturated rings. The van der Waals surface area contributed by atoms with Crippen LogP contribution in [0.2, 0.25) is 0 Å². The van der Waals surface area contributed by atoms with E-state index >= 15 is 0 Å². The third kappa shape index (κ3) is 1.83. The largest absolute Gasteiger partial charge is 0.312 e. The molecule has 1 aliphatic carbocycles. The molecule has 0 bridgehead atoms. The summed E-state index contributed by atoms with van der Waals surface area (Å²) in [6.07, 6.45) is 1.99. The van der Waals surface area contributed by atoms with E-state index < -0.39 is 0 Å². The second-order valence-electron chi connectivity index (χ2n) is 5.73. The maximum absolute atomic E-state index is 12.7. The molecule has 2 heteroatoms. The van der Waals surface area contributed by atoms with Crippen LogP contribution in [0.4, 0.5) is 5.69 Å². The van der Waals surface area contributed by atoms with Crippen molar-refractivity contribution in [1.82, 2.24) is 0 Å². The van der Waals surface area contributed by atoms with Crippen molar-refractivity contribution in [2.24, 2.45) is 5.92 Å². The maximum atomic E-state index is 12.7. The van der Waals surface area contributed by atoms with Gasteiger partial charge in [-0.1, -0.05) is 48.5 Å². The fourth-order valence-electron chi connectivity index (χ4n) is 3.30. The number of carbonyl (C=O) groups excluding carboxylic acids is 1. The summed E-state index contributed by atoms with van der Waals surface area (Å²) in [5.41, 5.74) is 3.73. The highest BCUT2D eigenvalue weighted by Gasteiger charge is 2.46. The van der Waals surface area contributed by atoms with Gasteiger partial charge in [0.25, 0.3) is 0 Å². The van der Waals surface area contributed by atoms with E-state index in [4.69, 9.17) is 0 Å². The average Bonchev–Trinajstić information content (AvgIpc) is 3.20. The van der Waals surface area contributed by atoms with Gasteiger partial charge < -0.3 is 4.90 Å². The lowest BCUT2D eigenvalue weighted by atomic mass is 10.1. The maximum Gasteiger partial charge on any atom is 0.230 e. The van der Waals surface area contributed by atoms with Crippen molar-refractivity contribution in [3.8, 4) is 0 Å². The highest BCUT2D eigenvalue weighted by molar-refractivity contribution is 5.99. The Balaban J connectivity index is 1.53. The van der Waals surface area contributed by atoms with Crippen LogP contribution >= 0.6 is 0 Å². The lowest BCUT2D eigenvalue weighted by molar-refractivity contribution is -0.119. The topological polar surface area (TPSA) is 20.3 Å². The number of benzene rings is 2. The molecule has 2 aliphatic rings. The summed E-state index contributed by atoms with van der Waals surface area (Å²) < 4.78 is 0. The van der Waals surface area contributed by atoms with Crippen LogP contribution in [0, 0.1) is 5.92 Å². The van der Waals surface area contributed by atoms with Crippen LogP contribution in [-0.4, -0.2) is 12.5 Å². The lowest BCUT2D eigenvalue weighted by Crippen LogP contribution is -2.30. The summed E-state index contributed by atoms with van der Waals surface area (Å²) >= 11 is 0. The molecule has 0 radical (unpaired) electrons. The standard InChI is InChI=1S/C18H17NO/c20-18(16-12-15(16)13-6-2-1-3-7-13)19-11-10-14-8-4-5-9-17(14)19/h1-9,15-16H,10-12H2/t15-,16-/m0/s1. The quantitative estimate of drug-likeness (QED) is 0.813. The molecule has 2 nitrogen and oxygen atoms in total. The lowest BCUT2D eigenvalue weighted by Gasteiger charge is -2.17. The number of rotatable bonds is 2. The Morgan fingerprint density at radius 1 is 1.00 bits per heavy atom. The number of amides is 1. The molecule has 2 aromatic carbocycles. The number of nitrogens with zero attached hydrogens (tertiary/aromatic N) is 1. The van der Waals surface area contributed by atoms with Crippen LogP contribution in [0.3, 0.4) is 0 Å². The Hall–Kier alpha value is -2.09. The second kappa shape index (κ2) is 4.48. The van der Waals surface area contributed by atoms with Crippen LogP contribution in [0.25, 0.3) is 0 Å². The summed E-state index contributed by atoms with van der Waals surface area (Å²) in [5, 5.41) is 0. The molecular formula is C18H17NO. The first-order chi connectivity index (χ1) is 9.84. The Labute approximate surface area is 119 Å². The van der Waals surface area contributed by atoms with E-state index in [1.54, 1.807) is 0 Å². The van der Waals surface area contributed by atoms with E-state index in [0.29, 0.717) is 11.8 Å². The van der Waals surface area contributed by atoms with Crippen LogP contribution in [-0.2, 0) is 11.2 Å². The first-order valence-electron chi connectivity index (χ1n) is 7.29. The van der Waals surface area contributed by atoms with E-state index in [1.165, 1.54) is 11.1 Å². The molecule has 0 unspecified atom stereocenters. The second-order valence-corrected chi connectivity index (χ2v) is 5.73. The molecule has 0 spiro atoms. The van der Waals surface area contributed by atoms with Gasteiger partial charge in [0.05, 0.1) is 0 Å². The highest BCUT2D eigenvalue weighted by atomic mass is 16.2. The van der Waals surface area contributed by atoms with Crippen molar-refractivity contribution in [1.29, 1.82) is 0 Å². The predicted octanol–water partition coefficient (Wildman–Crippen LogP) is 3.38. The molecule has 0 aromatic heterocycles. The van der Waals surface area contributed by atoms with Gasteiger partial charge in [0.2, 0.25) is 5.91 Å². The Morgan fingerprint density at radius 2 is 1.75 bits per heavy atom. The Morgan fingerprint density at radius 3 is 2.60 bits per heavy atom. The van der Waals surface area contributed by atoms with Gasteiger partial charge in [-0.25, -0.2) is 0 Å². The van der Waals surface area contributed by atoms with E-state index in [0.717, 1.165) is 25.1 Å². The molecule has 2 atom stereocenters. The number of hydrogen-bond acceptors (Lipinski definition) is 1. The molecule has 20 heavy (non-hydrogen) atoms. The average molecular weight is 263 g/mol. The molecule has 4 rings (SSSR count). The van der Waals surface area contributed by atoms with Crippen LogP contribution < -0.4 is 4.90 Å². The molecule has 1 aliphatic heterocycles. The van der Waals surface area contributed by atoms with Gasteiger partial charge in [-0.05, 0) is 36.0 Å². The van der Waals surface area contributed by atoms with Crippen LogP contribution in [0.5, 0.6) is 0 Å². The number of carbonyl (C=O) groups is 1. The van der Waals surface area contributed by atoms with E-state index in [1.807, 2.05) is 17.0 Å². The molecular weight excluding hydrogens is 246 g/mol. The predicted molar refractivity (Wildman–Crippen MR) is 79.8 cm³/mol. The normalized spacial score (nSPS) is 23.5. The van der Waals surface area contributed by atoms with Gasteiger partial charge in [-0.15, -0.1) is 0 Å². The molecule has 2 aromatic rings. The van der Waals surface area contributed by atoms with Gasteiger partial charge >= 0.3 is 0 Å². The van der Waals surface area contributed by atoms with Crippen LogP contribution in [0.15, 0.2) is 54.6 Å². The van der Waals surface area contributed by atoms with E-state index in [-0.39, 0.29) is 5.92 Å². The van der Waals surface area contributed by atoms with E-state index in [9.17, 15) is 4.79 Å². The van der Waals surface area contributed by atoms with Crippen molar-refractivity contribution >= 4 is 11.6 Å². The minimum absolute atomic E-state index is 0.184. The van der Waals surface area contributed by atoms with Crippen molar-refractivity contribution in [2.45, 2.75) is 18.8 Å².